The summed E-state index contributed by atoms with van der Waals surface area (Å²) in [6, 6.07) is 13.9. The van der Waals surface area contributed by atoms with Crippen LogP contribution >= 0.6 is 0 Å². The molecule has 2 heterocycles. The van der Waals surface area contributed by atoms with Crippen LogP contribution in [0.25, 0.3) is 11.3 Å². The molecular weight excluding hydrogens is 425 g/mol. The standard InChI is InChI=1S/C22H19F3N4O3/c23-22(24,25)32-19-10-6-16(7-11-19)20-13-26-29(27-20)21(31)28-14-18(30)9-8-17(28)12-15-4-2-1-3-5-15/h1-11,13,17-18,30H,12,14H2/t17-,18-/m1/s1. The Balaban J connectivity index is 1.51. The lowest BCUT2D eigenvalue weighted by atomic mass is 10.0. The molecule has 4 rings (SSSR count). The Kier molecular flexibility index (Phi) is 5.95. The molecule has 0 saturated heterocycles. The van der Waals surface area contributed by atoms with Gasteiger partial charge in [-0.1, -0.05) is 47.3 Å². The quantitative estimate of drug-likeness (QED) is 0.622. The van der Waals surface area contributed by atoms with Gasteiger partial charge in [0.2, 0.25) is 0 Å². The first-order chi connectivity index (χ1) is 15.3. The summed E-state index contributed by atoms with van der Waals surface area (Å²) in [6.07, 6.45) is -0.236. The van der Waals surface area contributed by atoms with E-state index in [0.29, 0.717) is 17.7 Å². The number of carbonyl (C=O) groups is 1. The van der Waals surface area contributed by atoms with Gasteiger partial charge in [0, 0.05) is 5.56 Å². The third-order valence-electron chi connectivity index (χ3n) is 4.92. The topological polar surface area (TPSA) is 80.5 Å². The van der Waals surface area contributed by atoms with Gasteiger partial charge in [-0.15, -0.1) is 18.3 Å². The molecular formula is C22H19F3N4O3. The summed E-state index contributed by atoms with van der Waals surface area (Å²) in [4.78, 5) is 15.5. The number of nitrogens with zero attached hydrogens (tertiary/aromatic N) is 4. The highest BCUT2D eigenvalue weighted by molar-refractivity contribution is 5.76. The van der Waals surface area contributed by atoms with E-state index >= 15 is 0 Å². The third kappa shape index (κ3) is 5.14. The molecule has 0 unspecified atom stereocenters. The third-order valence-corrected chi connectivity index (χ3v) is 4.92. The minimum absolute atomic E-state index is 0.0905. The minimum atomic E-state index is -4.78. The highest BCUT2D eigenvalue weighted by Crippen LogP contribution is 2.25. The van der Waals surface area contributed by atoms with Crippen molar-refractivity contribution in [2.45, 2.75) is 24.9 Å². The Labute approximate surface area is 181 Å². The Morgan fingerprint density at radius 2 is 1.81 bits per heavy atom. The highest BCUT2D eigenvalue weighted by Gasteiger charge is 2.31. The van der Waals surface area contributed by atoms with E-state index in [9.17, 15) is 23.1 Å². The van der Waals surface area contributed by atoms with Crippen molar-refractivity contribution in [2.24, 2.45) is 0 Å². The fourth-order valence-corrected chi connectivity index (χ4v) is 3.44. The van der Waals surface area contributed by atoms with E-state index < -0.39 is 18.5 Å². The van der Waals surface area contributed by atoms with Crippen LogP contribution in [-0.2, 0) is 6.42 Å². The first kappa shape index (κ1) is 21.6. The molecule has 1 aromatic heterocycles. The van der Waals surface area contributed by atoms with Crippen molar-refractivity contribution in [3.05, 3.63) is 78.5 Å². The predicted octanol–water partition coefficient (Wildman–Crippen LogP) is 3.66. The number of alkyl halides is 3. The molecule has 1 aliphatic heterocycles. The molecule has 1 amide bonds. The van der Waals surface area contributed by atoms with E-state index in [1.807, 2.05) is 30.3 Å². The molecule has 0 aliphatic carbocycles. The van der Waals surface area contributed by atoms with Gasteiger partial charge in [0.1, 0.15) is 11.4 Å². The molecule has 1 N–H and O–H groups in total. The largest absolute Gasteiger partial charge is 0.573 e. The van der Waals surface area contributed by atoms with Crippen LogP contribution in [0.2, 0.25) is 0 Å². The minimum Gasteiger partial charge on any atom is -0.406 e. The molecule has 166 valence electrons. The second kappa shape index (κ2) is 8.83. The molecule has 0 fully saturated rings. The maximum Gasteiger partial charge on any atom is 0.573 e. The van der Waals surface area contributed by atoms with Gasteiger partial charge in [-0.2, -0.15) is 5.10 Å². The number of rotatable bonds is 4. The van der Waals surface area contributed by atoms with Crippen LogP contribution in [0.15, 0.2) is 72.9 Å². The van der Waals surface area contributed by atoms with Crippen LogP contribution in [0.5, 0.6) is 5.75 Å². The Bertz CT molecular complexity index is 1100. The number of hydrogen-bond donors (Lipinski definition) is 1. The number of hydrogen-bond acceptors (Lipinski definition) is 5. The monoisotopic (exact) mass is 444 g/mol. The number of benzene rings is 2. The number of carbonyl (C=O) groups excluding carboxylic acids is 1. The molecule has 0 saturated carbocycles. The molecule has 32 heavy (non-hydrogen) atoms. The van der Waals surface area contributed by atoms with Gasteiger partial charge in [-0.05, 0) is 36.2 Å². The van der Waals surface area contributed by atoms with Crippen molar-refractivity contribution >= 4 is 6.03 Å². The molecule has 0 spiro atoms. The smallest absolute Gasteiger partial charge is 0.406 e. The number of ether oxygens (including phenoxy) is 1. The normalized spacial score (nSPS) is 18.6. The van der Waals surface area contributed by atoms with Gasteiger partial charge in [0.05, 0.1) is 24.9 Å². The zero-order chi connectivity index (χ0) is 22.7. The van der Waals surface area contributed by atoms with Gasteiger partial charge in [-0.25, -0.2) is 4.79 Å². The van der Waals surface area contributed by atoms with Crippen molar-refractivity contribution in [1.29, 1.82) is 0 Å². The molecule has 2 atom stereocenters. The lowest BCUT2D eigenvalue weighted by Crippen LogP contribution is -2.49. The Hall–Kier alpha value is -3.66. The first-order valence-electron chi connectivity index (χ1n) is 9.78. The summed E-state index contributed by atoms with van der Waals surface area (Å²) in [6.45, 7) is 0.0905. The lowest BCUT2D eigenvalue weighted by molar-refractivity contribution is -0.274. The van der Waals surface area contributed by atoms with Gasteiger partial charge in [-0.3, -0.25) is 0 Å². The summed E-state index contributed by atoms with van der Waals surface area (Å²) in [5.74, 6) is -0.359. The van der Waals surface area contributed by atoms with Crippen molar-refractivity contribution in [1.82, 2.24) is 19.9 Å². The highest BCUT2D eigenvalue weighted by atomic mass is 19.4. The number of aromatic nitrogens is 3. The average Bonchev–Trinajstić information content (AvgIpc) is 3.25. The van der Waals surface area contributed by atoms with Crippen LogP contribution in [0.4, 0.5) is 18.0 Å². The molecule has 3 aromatic rings. The van der Waals surface area contributed by atoms with Gasteiger partial charge in [0.15, 0.2) is 0 Å². The SMILES string of the molecule is O=C(N1C[C@H](O)C=C[C@@H]1Cc1ccccc1)n1ncc(-c2ccc(OC(F)(F)F)cc2)n1. The van der Waals surface area contributed by atoms with Crippen LogP contribution in [0.3, 0.4) is 0 Å². The molecule has 10 heteroatoms. The fraction of sp³-hybridized carbons (Fsp3) is 0.227. The summed E-state index contributed by atoms with van der Waals surface area (Å²) in [7, 11) is 0. The van der Waals surface area contributed by atoms with E-state index in [4.69, 9.17) is 0 Å². The van der Waals surface area contributed by atoms with Gasteiger partial charge >= 0.3 is 12.4 Å². The van der Waals surface area contributed by atoms with Gasteiger partial charge in [0.25, 0.3) is 0 Å². The Morgan fingerprint density at radius 1 is 1.09 bits per heavy atom. The predicted molar refractivity (Wildman–Crippen MR) is 109 cm³/mol. The Morgan fingerprint density at radius 3 is 2.50 bits per heavy atom. The first-order valence-corrected chi connectivity index (χ1v) is 9.78. The van der Waals surface area contributed by atoms with Crippen LogP contribution < -0.4 is 4.74 Å². The van der Waals surface area contributed by atoms with Crippen molar-refractivity contribution in [2.75, 3.05) is 6.54 Å². The van der Waals surface area contributed by atoms with E-state index in [0.717, 1.165) is 22.5 Å². The van der Waals surface area contributed by atoms with E-state index in [1.165, 1.54) is 23.2 Å². The molecule has 1 aliphatic rings. The van der Waals surface area contributed by atoms with E-state index in [-0.39, 0.29) is 18.3 Å². The number of halogens is 3. The summed E-state index contributed by atoms with van der Waals surface area (Å²) < 4.78 is 40.8. The van der Waals surface area contributed by atoms with E-state index in [2.05, 4.69) is 14.9 Å². The number of aliphatic hydroxyl groups is 1. The van der Waals surface area contributed by atoms with Crippen LogP contribution in [-0.4, -0.2) is 56.1 Å². The van der Waals surface area contributed by atoms with Crippen molar-refractivity contribution < 1.29 is 27.8 Å². The number of β-amino-alcohol motifs (C(OH)–C–C–N with tert-alkyl or cyclic N) is 1. The second-order valence-electron chi connectivity index (χ2n) is 7.24. The van der Waals surface area contributed by atoms with Crippen molar-refractivity contribution in [3.63, 3.8) is 0 Å². The van der Waals surface area contributed by atoms with Crippen LogP contribution in [0.1, 0.15) is 5.56 Å². The summed E-state index contributed by atoms with van der Waals surface area (Å²) >= 11 is 0. The lowest BCUT2D eigenvalue weighted by Gasteiger charge is -2.33. The van der Waals surface area contributed by atoms with Crippen molar-refractivity contribution in [3.8, 4) is 17.0 Å². The maximum atomic E-state index is 13.1. The fourth-order valence-electron chi connectivity index (χ4n) is 3.44. The number of aliphatic hydroxyl groups excluding tert-OH is 1. The van der Waals surface area contributed by atoms with Crippen LogP contribution in [0, 0.1) is 0 Å². The average molecular weight is 444 g/mol. The molecule has 0 radical (unpaired) electrons. The maximum absolute atomic E-state index is 13.1. The van der Waals surface area contributed by atoms with E-state index in [1.54, 1.807) is 12.2 Å². The summed E-state index contributed by atoms with van der Waals surface area (Å²) in [5.41, 5.74) is 1.81. The summed E-state index contributed by atoms with van der Waals surface area (Å²) in [5, 5.41) is 18.2. The second-order valence-corrected chi connectivity index (χ2v) is 7.24. The molecule has 0 bridgehead atoms. The van der Waals surface area contributed by atoms with Gasteiger partial charge < -0.3 is 14.7 Å². The zero-order valence-electron chi connectivity index (χ0n) is 16.7. The molecule has 2 aromatic carbocycles. The zero-order valence-corrected chi connectivity index (χ0v) is 16.7. The molecule has 7 nitrogen and oxygen atoms in total. The number of amides is 1.